The molecular formula is C11H9BrIN3O. The van der Waals surface area contributed by atoms with E-state index in [1.54, 1.807) is 13.3 Å². The lowest BCUT2D eigenvalue weighted by Crippen LogP contribution is -1.97. The van der Waals surface area contributed by atoms with E-state index in [9.17, 15) is 0 Å². The Balaban J connectivity index is 2.25. The second-order valence-corrected chi connectivity index (χ2v) is 5.21. The lowest BCUT2D eigenvalue weighted by atomic mass is 10.3. The molecule has 1 aromatic carbocycles. The SMILES string of the molecule is COc1ccc(Nc2ncncc2I)cc1Br. The molecule has 0 aliphatic rings. The van der Waals surface area contributed by atoms with Crippen LogP contribution in [-0.4, -0.2) is 17.1 Å². The monoisotopic (exact) mass is 405 g/mol. The molecule has 1 aromatic heterocycles. The van der Waals surface area contributed by atoms with Crippen LogP contribution in [0.2, 0.25) is 0 Å². The zero-order valence-corrected chi connectivity index (χ0v) is 12.7. The van der Waals surface area contributed by atoms with Crippen LogP contribution in [0.4, 0.5) is 11.5 Å². The Hall–Kier alpha value is -0.890. The molecule has 0 aliphatic heterocycles. The number of rotatable bonds is 3. The van der Waals surface area contributed by atoms with E-state index in [-0.39, 0.29) is 0 Å². The second-order valence-electron chi connectivity index (χ2n) is 3.19. The van der Waals surface area contributed by atoms with Crippen molar-refractivity contribution in [1.82, 2.24) is 9.97 Å². The first-order valence-electron chi connectivity index (χ1n) is 4.77. The van der Waals surface area contributed by atoms with Crippen LogP contribution < -0.4 is 10.1 Å². The summed E-state index contributed by atoms with van der Waals surface area (Å²) in [5.74, 6) is 1.59. The van der Waals surface area contributed by atoms with Gasteiger partial charge in [0.15, 0.2) is 0 Å². The molecule has 0 spiro atoms. The van der Waals surface area contributed by atoms with Crippen LogP contribution in [0.5, 0.6) is 5.75 Å². The standard InChI is InChI=1S/C11H9BrIN3O/c1-17-10-3-2-7(4-8(10)12)16-11-9(13)5-14-6-15-11/h2-6H,1H3,(H,14,15,16). The predicted octanol–water partition coefficient (Wildman–Crippen LogP) is 3.60. The molecule has 0 unspecified atom stereocenters. The first kappa shape index (κ1) is 12.6. The molecule has 0 saturated heterocycles. The molecule has 4 nitrogen and oxygen atoms in total. The first-order valence-corrected chi connectivity index (χ1v) is 6.64. The van der Waals surface area contributed by atoms with Gasteiger partial charge in [-0.1, -0.05) is 0 Å². The molecule has 0 bridgehead atoms. The third-order valence-electron chi connectivity index (χ3n) is 2.08. The van der Waals surface area contributed by atoms with Gasteiger partial charge in [0.1, 0.15) is 17.9 Å². The summed E-state index contributed by atoms with van der Waals surface area (Å²) in [4.78, 5) is 8.11. The van der Waals surface area contributed by atoms with E-state index < -0.39 is 0 Å². The third-order valence-corrected chi connectivity index (χ3v) is 3.49. The maximum atomic E-state index is 5.17. The van der Waals surface area contributed by atoms with Crippen molar-refractivity contribution in [1.29, 1.82) is 0 Å². The molecule has 17 heavy (non-hydrogen) atoms. The van der Waals surface area contributed by atoms with Crippen molar-refractivity contribution in [2.45, 2.75) is 0 Å². The average molecular weight is 406 g/mol. The summed E-state index contributed by atoms with van der Waals surface area (Å²) in [6.45, 7) is 0. The summed E-state index contributed by atoms with van der Waals surface area (Å²) in [6.07, 6.45) is 3.28. The third kappa shape index (κ3) is 3.06. The average Bonchev–Trinajstić information content (AvgIpc) is 2.32. The molecule has 1 heterocycles. The van der Waals surface area contributed by atoms with E-state index in [0.717, 1.165) is 25.3 Å². The van der Waals surface area contributed by atoms with Gasteiger partial charge in [-0.2, -0.15) is 0 Å². The maximum absolute atomic E-state index is 5.17. The van der Waals surface area contributed by atoms with E-state index in [1.165, 1.54) is 6.33 Å². The number of nitrogens with zero attached hydrogens (tertiary/aromatic N) is 2. The molecule has 2 aromatic rings. The summed E-state index contributed by atoms with van der Waals surface area (Å²) in [6, 6.07) is 5.76. The zero-order chi connectivity index (χ0) is 12.3. The van der Waals surface area contributed by atoms with E-state index in [0.29, 0.717) is 0 Å². The minimum absolute atomic E-state index is 0.790. The summed E-state index contributed by atoms with van der Waals surface area (Å²) >= 11 is 5.63. The predicted molar refractivity (Wildman–Crippen MR) is 78.7 cm³/mol. The van der Waals surface area contributed by atoms with Gasteiger partial charge < -0.3 is 10.1 Å². The van der Waals surface area contributed by atoms with Gasteiger partial charge in [0.05, 0.1) is 15.2 Å². The van der Waals surface area contributed by atoms with Crippen molar-refractivity contribution < 1.29 is 4.74 Å². The fourth-order valence-electron chi connectivity index (χ4n) is 1.29. The molecule has 0 atom stereocenters. The highest BCUT2D eigenvalue weighted by atomic mass is 127. The Morgan fingerprint density at radius 2 is 2.24 bits per heavy atom. The van der Waals surface area contributed by atoms with Crippen LogP contribution >= 0.6 is 38.5 Å². The van der Waals surface area contributed by atoms with Gasteiger partial charge in [0, 0.05) is 11.9 Å². The lowest BCUT2D eigenvalue weighted by molar-refractivity contribution is 0.412. The highest BCUT2D eigenvalue weighted by molar-refractivity contribution is 14.1. The minimum atomic E-state index is 0.790. The molecule has 88 valence electrons. The zero-order valence-electron chi connectivity index (χ0n) is 8.95. The first-order chi connectivity index (χ1) is 8.20. The van der Waals surface area contributed by atoms with Crippen molar-refractivity contribution in [3.8, 4) is 5.75 Å². The van der Waals surface area contributed by atoms with Crippen LogP contribution in [0.25, 0.3) is 0 Å². The second kappa shape index (κ2) is 5.63. The number of anilines is 2. The quantitative estimate of drug-likeness (QED) is 0.792. The molecule has 0 aliphatic carbocycles. The van der Waals surface area contributed by atoms with Crippen molar-refractivity contribution in [3.05, 3.63) is 38.8 Å². The van der Waals surface area contributed by atoms with E-state index in [4.69, 9.17) is 4.74 Å². The fourth-order valence-corrected chi connectivity index (χ4v) is 2.26. The highest BCUT2D eigenvalue weighted by Crippen LogP contribution is 2.29. The van der Waals surface area contributed by atoms with Gasteiger partial charge in [-0.25, -0.2) is 9.97 Å². The molecule has 0 fully saturated rings. The molecule has 0 radical (unpaired) electrons. The van der Waals surface area contributed by atoms with Gasteiger partial charge in [-0.3, -0.25) is 0 Å². The van der Waals surface area contributed by atoms with Gasteiger partial charge in [0.2, 0.25) is 0 Å². The molecular weight excluding hydrogens is 397 g/mol. The maximum Gasteiger partial charge on any atom is 0.147 e. The van der Waals surface area contributed by atoms with Gasteiger partial charge in [-0.05, 0) is 56.7 Å². The Kier molecular flexibility index (Phi) is 4.16. The van der Waals surface area contributed by atoms with Crippen LogP contribution in [0.15, 0.2) is 35.2 Å². The lowest BCUT2D eigenvalue weighted by Gasteiger charge is -2.09. The highest BCUT2D eigenvalue weighted by Gasteiger charge is 2.04. The number of halogens is 2. The largest absolute Gasteiger partial charge is 0.496 e. The molecule has 6 heteroatoms. The summed E-state index contributed by atoms with van der Waals surface area (Å²) in [5.41, 5.74) is 0.939. The molecule has 0 saturated carbocycles. The Bertz CT molecular complexity index is 536. The number of hydrogen-bond acceptors (Lipinski definition) is 4. The van der Waals surface area contributed by atoms with E-state index >= 15 is 0 Å². The van der Waals surface area contributed by atoms with E-state index in [2.05, 4.69) is 53.8 Å². The molecule has 1 N–H and O–H groups in total. The number of hydrogen-bond donors (Lipinski definition) is 1. The van der Waals surface area contributed by atoms with Crippen LogP contribution in [0.1, 0.15) is 0 Å². The minimum Gasteiger partial charge on any atom is -0.496 e. The van der Waals surface area contributed by atoms with Gasteiger partial charge in [0.25, 0.3) is 0 Å². The van der Waals surface area contributed by atoms with Crippen molar-refractivity contribution in [2.24, 2.45) is 0 Å². The molecule has 2 rings (SSSR count). The van der Waals surface area contributed by atoms with Crippen molar-refractivity contribution in [2.75, 3.05) is 12.4 Å². The van der Waals surface area contributed by atoms with Gasteiger partial charge in [-0.15, -0.1) is 0 Å². The Labute approximate surface area is 121 Å². The van der Waals surface area contributed by atoms with Crippen LogP contribution in [0, 0.1) is 3.57 Å². The smallest absolute Gasteiger partial charge is 0.147 e. The summed E-state index contributed by atoms with van der Waals surface area (Å²) in [5, 5.41) is 3.22. The summed E-state index contributed by atoms with van der Waals surface area (Å²) < 4.78 is 7.04. The van der Waals surface area contributed by atoms with Crippen LogP contribution in [-0.2, 0) is 0 Å². The topological polar surface area (TPSA) is 47.0 Å². The Morgan fingerprint density at radius 3 is 2.88 bits per heavy atom. The number of benzene rings is 1. The van der Waals surface area contributed by atoms with Crippen LogP contribution in [0.3, 0.4) is 0 Å². The number of aromatic nitrogens is 2. The number of nitrogens with one attached hydrogen (secondary N) is 1. The van der Waals surface area contributed by atoms with E-state index in [1.807, 2.05) is 18.2 Å². The van der Waals surface area contributed by atoms with Crippen molar-refractivity contribution >= 4 is 50.0 Å². The fraction of sp³-hybridized carbons (Fsp3) is 0.0909. The normalized spacial score (nSPS) is 10.1. The van der Waals surface area contributed by atoms with Gasteiger partial charge >= 0.3 is 0 Å². The number of ether oxygens (including phenoxy) is 1. The molecule has 0 amide bonds. The summed E-state index contributed by atoms with van der Waals surface area (Å²) in [7, 11) is 1.64. The van der Waals surface area contributed by atoms with Crippen molar-refractivity contribution in [3.63, 3.8) is 0 Å². The number of methoxy groups -OCH3 is 1. The Morgan fingerprint density at radius 1 is 1.41 bits per heavy atom.